The smallest absolute Gasteiger partial charge is 0.261 e. The molecule has 1 aliphatic heterocycles. The molecule has 2 amide bonds. The first-order chi connectivity index (χ1) is 14.2. The van der Waals surface area contributed by atoms with Gasteiger partial charge in [0.05, 0.1) is 15.9 Å². The average Bonchev–Trinajstić information content (AvgIpc) is 3.45. The first-order valence-corrected chi connectivity index (χ1v) is 10.7. The molecule has 1 aliphatic rings. The van der Waals surface area contributed by atoms with Crippen LogP contribution in [-0.4, -0.2) is 41.4 Å². The standard InChI is InChI=1S/C21H23N5O2S/c27-18(10-5-11-22-21(28)17-9-6-14-29-17)25-19-20(26-12-3-4-13-26)24-16-8-2-1-7-15(16)23-19/h1-2,6-9,14H,3-5,10-13H2,(H,22,28)(H,23,25,27). The molecule has 8 heteroatoms. The van der Waals surface area contributed by atoms with Crippen molar-refractivity contribution in [3.8, 4) is 0 Å². The number of anilines is 2. The zero-order valence-electron chi connectivity index (χ0n) is 16.1. The minimum atomic E-state index is -0.125. The van der Waals surface area contributed by atoms with Crippen LogP contribution in [0, 0.1) is 0 Å². The highest BCUT2D eigenvalue weighted by molar-refractivity contribution is 7.12. The van der Waals surface area contributed by atoms with E-state index in [-0.39, 0.29) is 11.8 Å². The Morgan fingerprint density at radius 2 is 1.79 bits per heavy atom. The summed E-state index contributed by atoms with van der Waals surface area (Å²) in [6, 6.07) is 11.3. The van der Waals surface area contributed by atoms with E-state index in [9.17, 15) is 9.59 Å². The Morgan fingerprint density at radius 3 is 2.52 bits per heavy atom. The third-order valence-electron chi connectivity index (χ3n) is 4.83. The monoisotopic (exact) mass is 409 g/mol. The molecule has 0 bridgehead atoms. The number of rotatable bonds is 7. The lowest BCUT2D eigenvalue weighted by molar-refractivity contribution is -0.116. The normalized spacial score (nSPS) is 13.6. The Bertz CT molecular complexity index is 999. The molecule has 150 valence electrons. The number of benzene rings is 1. The molecule has 2 aromatic heterocycles. The zero-order chi connectivity index (χ0) is 20.1. The molecule has 0 spiro atoms. The summed E-state index contributed by atoms with van der Waals surface area (Å²) in [4.78, 5) is 36.7. The largest absolute Gasteiger partial charge is 0.354 e. The third-order valence-corrected chi connectivity index (χ3v) is 5.70. The van der Waals surface area contributed by atoms with Gasteiger partial charge in [0.2, 0.25) is 5.91 Å². The highest BCUT2D eigenvalue weighted by atomic mass is 32.1. The fourth-order valence-electron chi connectivity index (χ4n) is 3.36. The Balaban J connectivity index is 1.38. The summed E-state index contributed by atoms with van der Waals surface area (Å²) in [5, 5.41) is 7.64. The Kier molecular flexibility index (Phi) is 6.00. The van der Waals surface area contributed by atoms with Gasteiger partial charge in [0.1, 0.15) is 0 Å². The highest BCUT2D eigenvalue weighted by Gasteiger charge is 2.20. The van der Waals surface area contributed by atoms with Gasteiger partial charge in [-0.05, 0) is 42.8 Å². The topological polar surface area (TPSA) is 87.2 Å². The van der Waals surface area contributed by atoms with E-state index in [1.807, 2.05) is 35.7 Å². The van der Waals surface area contributed by atoms with Crippen molar-refractivity contribution in [1.29, 1.82) is 0 Å². The van der Waals surface area contributed by atoms with Gasteiger partial charge in [0.25, 0.3) is 5.91 Å². The van der Waals surface area contributed by atoms with Crippen molar-refractivity contribution in [3.63, 3.8) is 0 Å². The van der Waals surface area contributed by atoms with Crippen LogP contribution in [-0.2, 0) is 4.79 Å². The fraction of sp³-hybridized carbons (Fsp3) is 0.333. The Hall–Kier alpha value is -3.00. The minimum Gasteiger partial charge on any atom is -0.354 e. The van der Waals surface area contributed by atoms with E-state index >= 15 is 0 Å². The van der Waals surface area contributed by atoms with E-state index in [0.29, 0.717) is 30.1 Å². The molecule has 1 fully saturated rings. The summed E-state index contributed by atoms with van der Waals surface area (Å²) in [6.45, 7) is 2.29. The number of hydrogen-bond donors (Lipinski definition) is 2. The molecule has 4 rings (SSSR count). The molecule has 2 N–H and O–H groups in total. The van der Waals surface area contributed by atoms with Crippen LogP contribution in [0.3, 0.4) is 0 Å². The van der Waals surface area contributed by atoms with E-state index in [2.05, 4.69) is 20.5 Å². The molecule has 3 heterocycles. The molecular weight excluding hydrogens is 386 g/mol. The van der Waals surface area contributed by atoms with Gasteiger partial charge >= 0.3 is 0 Å². The van der Waals surface area contributed by atoms with Crippen molar-refractivity contribution in [2.75, 3.05) is 29.9 Å². The van der Waals surface area contributed by atoms with Gasteiger partial charge in [-0.15, -0.1) is 11.3 Å². The molecule has 3 aromatic rings. The second-order valence-electron chi connectivity index (χ2n) is 6.96. The summed E-state index contributed by atoms with van der Waals surface area (Å²) < 4.78 is 0. The second-order valence-corrected chi connectivity index (χ2v) is 7.91. The molecule has 0 saturated carbocycles. The fourth-order valence-corrected chi connectivity index (χ4v) is 4.00. The maximum atomic E-state index is 12.5. The molecule has 0 unspecified atom stereocenters. The van der Waals surface area contributed by atoms with Crippen LogP contribution in [0.1, 0.15) is 35.4 Å². The number of nitrogens with zero attached hydrogens (tertiary/aromatic N) is 3. The number of hydrogen-bond acceptors (Lipinski definition) is 6. The van der Waals surface area contributed by atoms with E-state index in [1.165, 1.54) is 11.3 Å². The van der Waals surface area contributed by atoms with Crippen LogP contribution >= 0.6 is 11.3 Å². The number of amides is 2. The number of carbonyl (C=O) groups is 2. The number of para-hydroxylation sites is 2. The van der Waals surface area contributed by atoms with Crippen LogP contribution in [0.15, 0.2) is 41.8 Å². The maximum Gasteiger partial charge on any atom is 0.261 e. The molecule has 1 saturated heterocycles. The van der Waals surface area contributed by atoms with Crippen molar-refractivity contribution in [1.82, 2.24) is 15.3 Å². The van der Waals surface area contributed by atoms with Gasteiger partial charge < -0.3 is 15.5 Å². The van der Waals surface area contributed by atoms with Gasteiger partial charge in [-0.3, -0.25) is 9.59 Å². The van der Waals surface area contributed by atoms with Crippen LogP contribution in [0.25, 0.3) is 11.0 Å². The van der Waals surface area contributed by atoms with Crippen LogP contribution in [0.2, 0.25) is 0 Å². The summed E-state index contributed by atoms with van der Waals surface area (Å²) in [6.07, 6.45) is 3.10. The highest BCUT2D eigenvalue weighted by Crippen LogP contribution is 2.27. The molecule has 7 nitrogen and oxygen atoms in total. The second kappa shape index (κ2) is 9.00. The van der Waals surface area contributed by atoms with E-state index in [4.69, 9.17) is 4.98 Å². The number of thiophene rings is 1. The van der Waals surface area contributed by atoms with Gasteiger partial charge in [0, 0.05) is 26.1 Å². The molecule has 1 aromatic carbocycles. The predicted molar refractivity (Wildman–Crippen MR) is 116 cm³/mol. The van der Waals surface area contributed by atoms with Crippen molar-refractivity contribution >= 4 is 45.8 Å². The van der Waals surface area contributed by atoms with Gasteiger partial charge in [-0.2, -0.15) is 0 Å². The van der Waals surface area contributed by atoms with E-state index in [1.54, 1.807) is 6.07 Å². The quantitative estimate of drug-likeness (QED) is 0.584. The lowest BCUT2D eigenvalue weighted by Gasteiger charge is -2.20. The average molecular weight is 410 g/mol. The summed E-state index contributed by atoms with van der Waals surface area (Å²) in [5.41, 5.74) is 1.58. The molecule has 0 aliphatic carbocycles. The SMILES string of the molecule is O=C(CCCNC(=O)c1cccs1)Nc1nc2ccccc2nc1N1CCCC1. The van der Waals surface area contributed by atoms with Crippen LogP contribution < -0.4 is 15.5 Å². The molecule has 0 radical (unpaired) electrons. The zero-order valence-corrected chi connectivity index (χ0v) is 16.9. The summed E-state index contributed by atoms with van der Waals surface area (Å²) in [5.74, 6) is 1.02. The summed E-state index contributed by atoms with van der Waals surface area (Å²) in [7, 11) is 0. The Labute approximate surface area is 173 Å². The molecule has 29 heavy (non-hydrogen) atoms. The first kappa shape index (κ1) is 19.3. The lowest BCUT2D eigenvalue weighted by atomic mass is 10.2. The van der Waals surface area contributed by atoms with Crippen molar-refractivity contribution < 1.29 is 9.59 Å². The number of aromatic nitrogens is 2. The van der Waals surface area contributed by atoms with Crippen molar-refractivity contribution in [3.05, 3.63) is 46.7 Å². The third kappa shape index (κ3) is 4.71. The van der Waals surface area contributed by atoms with Gasteiger partial charge in [-0.25, -0.2) is 9.97 Å². The maximum absolute atomic E-state index is 12.5. The number of fused-ring (bicyclic) bond motifs is 1. The van der Waals surface area contributed by atoms with Crippen molar-refractivity contribution in [2.24, 2.45) is 0 Å². The van der Waals surface area contributed by atoms with Crippen molar-refractivity contribution in [2.45, 2.75) is 25.7 Å². The van der Waals surface area contributed by atoms with Gasteiger partial charge in [0.15, 0.2) is 11.6 Å². The minimum absolute atomic E-state index is 0.0999. The molecular formula is C21H23N5O2S. The predicted octanol–water partition coefficient (Wildman–Crippen LogP) is 3.44. The summed E-state index contributed by atoms with van der Waals surface area (Å²) >= 11 is 1.40. The lowest BCUT2D eigenvalue weighted by Crippen LogP contribution is -2.25. The van der Waals surface area contributed by atoms with Crippen LogP contribution in [0.4, 0.5) is 11.6 Å². The van der Waals surface area contributed by atoms with E-state index < -0.39 is 0 Å². The molecule has 0 atom stereocenters. The van der Waals surface area contributed by atoms with Gasteiger partial charge in [-0.1, -0.05) is 18.2 Å². The van der Waals surface area contributed by atoms with E-state index in [0.717, 1.165) is 42.8 Å². The number of nitrogens with one attached hydrogen (secondary N) is 2. The first-order valence-electron chi connectivity index (χ1n) is 9.84. The van der Waals surface area contributed by atoms with Crippen LogP contribution in [0.5, 0.6) is 0 Å². The Morgan fingerprint density at radius 1 is 1.03 bits per heavy atom. The number of carbonyl (C=O) groups excluding carboxylic acids is 2.